The van der Waals surface area contributed by atoms with E-state index in [9.17, 15) is 0 Å². The van der Waals surface area contributed by atoms with Crippen molar-refractivity contribution in [2.45, 2.75) is 31.8 Å². The Hall–Kier alpha value is -2.11. The quantitative estimate of drug-likeness (QED) is 0.431. The monoisotopic (exact) mass is 383 g/mol. The number of nitrogens with one attached hydrogen (secondary N) is 1. The third-order valence-electron chi connectivity index (χ3n) is 5.36. The number of likely N-dealkylation sites (tertiary alicyclic amines) is 1. The summed E-state index contributed by atoms with van der Waals surface area (Å²) in [5.41, 5.74) is 1.38. The van der Waals surface area contributed by atoms with Crippen LogP contribution in [0.5, 0.6) is 0 Å². The van der Waals surface area contributed by atoms with Crippen LogP contribution in [-0.4, -0.2) is 64.0 Å². The van der Waals surface area contributed by atoms with Crippen LogP contribution in [-0.2, 0) is 15.9 Å². The lowest BCUT2D eigenvalue weighted by atomic mass is 10.0. The van der Waals surface area contributed by atoms with Crippen LogP contribution >= 0.6 is 0 Å². The first-order chi connectivity index (χ1) is 13.8. The molecule has 1 aliphatic heterocycles. The zero-order chi connectivity index (χ0) is 19.6. The van der Waals surface area contributed by atoms with Gasteiger partial charge in [-0.3, -0.25) is 4.99 Å². The minimum absolute atomic E-state index is 0.363. The van der Waals surface area contributed by atoms with Gasteiger partial charge in [0, 0.05) is 47.0 Å². The summed E-state index contributed by atoms with van der Waals surface area (Å²) in [7, 11) is 3.60. The van der Waals surface area contributed by atoms with Crippen molar-refractivity contribution in [1.29, 1.82) is 0 Å². The van der Waals surface area contributed by atoms with Gasteiger partial charge in [0.25, 0.3) is 0 Å². The number of hydrogen-bond donors (Lipinski definition) is 1. The molecule has 1 fully saturated rings. The fraction of sp³-hybridized carbons (Fsp3) is 0.522. The summed E-state index contributed by atoms with van der Waals surface area (Å²) in [5.74, 6) is 0.998. The topological polar surface area (TPSA) is 46.1 Å². The maximum Gasteiger partial charge on any atom is 0.193 e. The van der Waals surface area contributed by atoms with Gasteiger partial charge in [0.2, 0.25) is 0 Å². The van der Waals surface area contributed by atoms with E-state index in [2.05, 4.69) is 57.7 Å². The summed E-state index contributed by atoms with van der Waals surface area (Å²) in [6, 6.07) is 15.1. The van der Waals surface area contributed by atoms with Gasteiger partial charge in [0.1, 0.15) is 0 Å². The highest BCUT2D eigenvalue weighted by molar-refractivity contribution is 5.85. The second-order valence-electron chi connectivity index (χ2n) is 7.27. The van der Waals surface area contributed by atoms with Gasteiger partial charge in [-0.05, 0) is 42.0 Å². The fourth-order valence-corrected chi connectivity index (χ4v) is 3.84. The molecule has 152 valence electrons. The Morgan fingerprint density at radius 2 is 1.89 bits per heavy atom. The first-order valence-electron chi connectivity index (χ1n) is 10.3. The highest BCUT2D eigenvalue weighted by atomic mass is 16.5. The summed E-state index contributed by atoms with van der Waals surface area (Å²) < 4.78 is 11.0. The lowest BCUT2D eigenvalue weighted by Gasteiger charge is -2.34. The number of methoxy groups -OCH3 is 1. The van der Waals surface area contributed by atoms with E-state index in [1.54, 1.807) is 7.11 Å². The fourth-order valence-electron chi connectivity index (χ4n) is 3.84. The van der Waals surface area contributed by atoms with Crippen LogP contribution < -0.4 is 5.32 Å². The third kappa shape index (κ3) is 5.69. The lowest BCUT2D eigenvalue weighted by Crippen LogP contribution is -2.47. The molecule has 28 heavy (non-hydrogen) atoms. The first-order valence-corrected chi connectivity index (χ1v) is 10.3. The van der Waals surface area contributed by atoms with Gasteiger partial charge >= 0.3 is 0 Å². The highest BCUT2D eigenvalue weighted by Crippen LogP contribution is 2.19. The summed E-state index contributed by atoms with van der Waals surface area (Å²) in [6.45, 7) is 4.42. The summed E-state index contributed by atoms with van der Waals surface area (Å²) in [6.07, 6.45) is 4.42. The number of ether oxygens (including phenoxy) is 2. The molecule has 2 aromatic carbocycles. The SMILES string of the molecule is CN=C(NCCc1cccc2ccccc12)N1CCC(OCCCOC)CC1. The molecular weight excluding hydrogens is 350 g/mol. The standard InChI is InChI=1S/C23H33N3O2/c1-24-23(26-15-12-21(13-16-26)28-18-6-17-27-2)25-14-11-20-9-5-8-19-7-3-4-10-22(19)20/h3-5,7-10,21H,6,11-18H2,1-2H3,(H,24,25). The van der Waals surface area contributed by atoms with Gasteiger partial charge in [-0.25, -0.2) is 0 Å². The average Bonchev–Trinajstić information content (AvgIpc) is 2.75. The van der Waals surface area contributed by atoms with E-state index in [-0.39, 0.29) is 0 Å². The van der Waals surface area contributed by atoms with Gasteiger partial charge in [-0.1, -0.05) is 42.5 Å². The van der Waals surface area contributed by atoms with Crippen molar-refractivity contribution >= 4 is 16.7 Å². The molecule has 0 spiro atoms. The molecule has 0 aliphatic carbocycles. The van der Waals surface area contributed by atoms with Crippen LogP contribution in [0.1, 0.15) is 24.8 Å². The Labute approximate surface area is 168 Å². The predicted octanol–water partition coefficient (Wildman–Crippen LogP) is 3.48. The molecular formula is C23H33N3O2. The van der Waals surface area contributed by atoms with Crippen LogP contribution in [0.15, 0.2) is 47.5 Å². The maximum atomic E-state index is 5.96. The molecule has 2 aromatic rings. The van der Waals surface area contributed by atoms with E-state index in [1.165, 1.54) is 16.3 Å². The Bertz CT molecular complexity index is 749. The van der Waals surface area contributed by atoms with Crippen molar-refractivity contribution in [3.8, 4) is 0 Å². The lowest BCUT2D eigenvalue weighted by molar-refractivity contribution is 0.00992. The number of rotatable bonds is 8. The average molecular weight is 384 g/mol. The minimum Gasteiger partial charge on any atom is -0.385 e. The van der Waals surface area contributed by atoms with Gasteiger partial charge < -0.3 is 19.7 Å². The van der Waals surface area contributed by atoms with E-state index >= 15 is 0 Å². The van der Waals surface area contributed by atoms with Crippen molar-refractivity contribution in [3.05, 3.63) is 48.0 Å². The highest BCUT2D eigenvalue weighted by Gasteiger charge is 2.21. The Kier molecular flexibility index (Phi) is 8.12. The molecule has 0 amide bonds. The second-order valence-corrected chi connectivity index (χ2v) is 7.27. The molecule has 0 atom stereocenters. The van der Waals surface area contributed by atoms with Crippen molar-refractivity contribution in [2.75, 3.05) is 47.0 Å². The maximum absolute atomic E-state index is 5.96. The molecule has 0 aromatic heterocycles. The molecule has 0 radical (unpaired) electrons. The number of fused-ring (bicyclic) bond motifs is 1. The number of hydrogen-bond acceptors (Lipinski definition) is 3. The molecule has 5 nitrogen and oxygen atoms in total. The predicted molar refractivity (Wildman–Crippen MR) is 116 cm³/mol. The van der Waals surface area contributed by atoms with Crippen LogP contribution in [0.4, 0.5) is 0 Å². The van der Waals surface area contributed by atoms with Crippen molar-refractivity contribution in [2.24, 2.45) is 4.99 Å². The largest absolute Gasteiger partial charge is 0.385 e. The van der Waals surface area contributed by atoms with Crippen LogP contribution in [0.2, 0.25) is 0 Å². The van der Waals surface area contributed by atoms with Crippen LogP contribution in [0.3, 0.4) is 0 Å². The number of nitrogens with zero attached hydrogens (tertiary/aromatic N) is 2. The van der Waals surface area contributed by atoms with E-state index < -0.39 is 0 Å². The Balaban J connectivity index is 1.44. The third-order valence-corrected chi connectivity index (χ3v) is 5.36. The van der Waals surface area contributed by atoms with Crippen LogP contribution in [0, 0.1) is 0 Å². The first kappa shape index (κ1) is 20.6. The summed E-state index contributed by atoms with van der Waals surface area (Å²) in [5, 5.41) is 6.19. The molecule has 0 bridgehead atoms. The minimum atomic E-state index is 0.363. The molecule has 3 rings (SSSR count). The summed E-state index contributed by atoms with van der Waals surface area (Å²) in [4.78, 5) is 6.84. The molecule has 1 heterocycles. The molecule has 5 heteroatoms. The van der Waals surface area contributed by atoms with Crippen molar-refractivity contribution < 1.29 is 9.47 Å². The smallest absolute Gasteiger partial charge is 0.193 e. The van der Waals surface area contributed by atoms with Crippen molar-refractivity contribution in [1.82, 2.24) is 10.2 Å². The van der Waals surface area contributed by atoms with E-state index in [0.717, 1.165) is 64.5 Å². The molecule has 1 saturated heterocycles. The molecule has 0 unspecified atom stereocenters. The van der Waals surface area contributed by atoms with Gasteiger partial charge in [0.15, 0.2) is 5.96 Å². The van der Waals surface area contributed by atoms with E-state index in [1.807, 2.05) is 7.05 Å². The van der Waals surface area contributed by atoms with E-state index in [4.69, 9.17) is 9.47 Å². The van der Waals surface area contributed by atoms with Crippen LogP contribution in [0.25, 0.3) is 10.8 Å². The molecule has 0 saturated carbocycles. The van der Waals surface area contributed by atoms with Gasteiger partial charge in [0.05, 0.1) is 6.10 Å². The summed E-state index contributed by atoms with van der Waals surface area (Å²) >= 11 is 0. The number of benzene rings is 2. The number of piperidine rings is 1. The molecule has 1 aliphatic rings. The number of aliphatic imine (C=N–C) groups is 1. The Morgan fingerprint density at radius 1 is 1.11 bits per heavy atom. The normalized spacial score (nSPS) is 15.9. The molecule has 1 N–H and O–H groups in total. The second kappa shape index (κ2) is 11.0. The number of guanidine groups is 1. The zero-order valence-corrected chi connectivity index (χ0v) is 17.2. The van der Waals surface area contributed by atoms with Gasteiger partial charge in [-0.2, -0.15) is 0 Å². The van der Waals surface area contributed by atoms with Crippen molar-refractivity contribution in [3.63, 3.8) is 0 Å². The van der Waals surface area contributed by atoms with E-state index in [0.29, 0.717) is 6.10 Å². The Morgan fingerprint density at radius 3 is 2.68 bits per heavy atom. The van der Waals surface area contributed by atoms with Gasteiger partial charge in [-0.15, -0.1) is 0 Å². The zero-order valence-electron chi connectivity index (χ0n) is 17.2.